The predicted molar refractivity (Wildman–Crippen MR) is 108 cm³/mol. The summed E-state index contributed by atoms with van der Waals surface area (Å²) in [6.45, 7) is 3.34. The van der Waals surface area contributed by atoms with Crippen LogP contribution in [-0.4, -0.2) is 31.8 Å². The lowest BCUT2D eigenvalue weighted by Crippen LogP contribution is -2.71. The number of aromatic nitrogens is 4. The van der Waals surface area contributed by atoms with Gasteiger partial charge in [-0.3, -0.25) is 20.6 Å². The van der Waals surface area contributed by atoms with E-state index in [1.165, 1.54) is 13.3 Å². The van der Waals surface area contributed by atoms with Crippen molar-refractivity contribution >= 4 is 40.3 Å². The molecule has 0 saturated carbocycles. The summed E-state index contributed by atoms with van der Waals surface area (Å²) >= 11 is 6.26. The highest BCUT2D eigenvalue weighted by atomic mass is 35.5. The fraction of sp³-hybridized carbons (Fsp3) is 0.105. The zero-order chi connectivity index (χ0) is 20.1. The zero-order valence-electron chi connectivity index (χ0n) is 15.3. The number of nitrogens with one attached hydrogen (secondary N) is 3. The molecule has 9 heteroatoms. The smallest absolute Gasteiger partial charge is 0.222 e. The van der Waals surface area contributed by atoms with Crippen LogP contribution >= 0.6 is 11.6 Å². The standard InChI is InChI=1S/C19H18ClN7O/c1-11-8-23-17(26-12(2)28)7-16(11)22-9-14(19-24-10-25-27-19)18(21)13-5-3-4-6-15(13)20/h3-10,21H,1-2H3,(H,24,25,27)(H2,22,23,26,28)/p+1/b14-9+,21-18?. The van der Waals surface area contributed by atoms with E-state index in [-0.39, 0.29) is 11.6 Å². The number of halogens is 1. The van der Waals surface area contributed by atoms with Gasteiger partial charge in [-0.15, -0.1) is 0 Å². The van der Waals surface area contributed by atoms with E-state index in [0.29, 0.717) is 27.8 Å². The summed E-state index contributed by atoms with van der Waals surface area (Å²) in [7, 11) is 0. The highest BCUT2D eigenvalue weighted by molar-refractivity contribution is 6.39. The lowest BCUT2D eigenvalue weighted by molar-refractivity contribution is -0.495. The van der Waals surface area contributed by atoms with Crippen molar-refractivity contribution in [1.82, 2.24) is 20.2 Å². The van der Waals surface area contributed by atoms with Crippen molar-refractivity contribution in [2.24, 2.45) is 0 Å². The summed E-state index contributed by atoms with van der Waals surface area (Å²) < 4.78 is 0. The number of amides is 1. The van der Waals surface area contributed by atoms with Crippen LogP contribution in [0, 0.1) is 12.3 Å². The van der Waals surface area contributed by atoms with Gasteiger partial charge in [0, 0.05) is 35.3 Å². The summed E-state index contributed by atoms with van der Waals surface area (Å²) in [5.74, 6) is 0.718. The summed E-state index contributed by atoms with van der Waals surface area (Å²) in [4.78, 5) is 19.6. The Balaban J connectivity index is 1.96. The maximum Gasteiger partial charge on any atom is 0.222 e. The lowest BCUT2D eigenvalue weighted by atomic mass is 10.0. The Hall–Kier alpha value is -3.36. The number of hydrogen-bond acceptors (Lipinski definition) is 5. The molecule has 0 aliphatic carbocycles. The molecule has 1 amide bonds. The number of aromatic amines is 1. The van der Waals surface area contributed by atoms with Crippen molar-refractivity contribution in [3.05, 3.63) is 71.0 Å². The van der Waals surface area contributed by atoms with Gasteiger partial charge in [0.15, 0.2) is 5.82 Å². The van der Waals surface area contributed by atoms with Crippen LogP contribution in [-0.2, 0) is 4.79 Å². The zero-order valence-corrected chi connectivity index (χ0v) is 16.1. The third-order valence-electron chi connectivity index (χ3n) is 3.96. The molecule has 0 aliphatic rings. The molecule has 5 N–H and O–H groups in total. The fourth-order valence-corrected chi connectivity index (χ4v) is 2.80. The van der Waals surface area contributed by atoms with Gasteiger partial charge in [-0.1, -0.05) is 29.8 Å². The molecule has 3 rings (SSSR count). The second-order valence-corrected chi connectivity index (χ2v) is 6.45. The monoisotopic (exact) mass is 396 g/mol. The maximum absolute atomic E-state index is 11.3. The van der Waals surface area contributed by atoms with E-state index < -0.39 is 0 Å². The Morgan fingerprint density at radius 1 is 1.32 bits per heavy atom. The van der Waals surface area contributed by atoms with Gasteiger partial charge in [-0.2, -0.15) is 5.10 Å². The number of anilines is 1. The molecule has 0 aliphatic heterocycles. The van der Waals surface area contributed by atoms with E-state index in [1.54, 1.807) is 30.6 Å². The highest BCUT2D eigenvalue weighted by Crippen LogP contribution is 2.22. The molecular weight excluding hydrogens is 378 g/mol. The van der Waals surface area contributed by atoms with Crippen LogP contribution in [0.5, 0.6) is 0 Å². The van der Waals surface area contributed by atoms with E-state index >= 15 is 0 Å². The second kappa shape index (κ2) is 8.55. The Bertz CT molecular complexity index is 1040. The summed E-state index contributed by atoms with van der Waals surface area (Å²) in [5.41, 5.74) is 3.11. The number of nitrogens with zero attached hydrogens (tertiary/aromatic N) is 3. The van der Waals surface area contributed by atoms with Crippen LogP contribution < -0.4 is 10.6 Å². The largest absolute Gasteiger partial charge is 0.311 e. The number of H-pyrrole nitrogens is 1. The van der Waals surface area contributed by atoms with E-state index in [9.17, 15) is 4.79 Å². The predicted octanol–water partition coefficient (Wildman–Crippen LogP) is 2.42. The summed E-state index contributed by atoms with van der Waals surface area (Å²) in [6, 6.07) is 8.92. The average Bonchev–Trinajstić information content (AvgIpc) is 3.18. The number of nitrogens with two attached hydrogens (primary N) is 1. The van der Waals surface area contributed by atoms with E-state index in [0.717, 1.165) is 11.3 Å². The molecule has 0 atom stereocenters. The topological polar surface area (TPSA) is 124 Å². The molecule has 142 valence electrons. The molecule has 3 aromatic rings. The van der Waals surface area contributed by atoms with Crippen molar-refractivity contribution in [2.45, 2.75) is 13.8 Å². The van der Waals surface area contributed by atoms with Gasteiger partial charge in [0.05, 0.1) is 11.3 Å². The second-order valence-electron chi connectivity index (χ2n) is 6.04. The Labute approximate surface area is 166 Å². The molecule has 8 nitrogen and oxygen atoms in total. The number of hydrogen-bond donors (Lipinski definition) is 4. The minimum atomic E-state index is -0.194. The van der Waals surface area contributed by atoms with Gasteiger partial charge in [0.25, 0.3) is 0 Å². The van der Waals surface area contributed by atoms with Gasteiger partial charge < -0.3 is 5.32 Å². The van der Waals surface area contributed by atoms with E-state index in [2.05, 4.69) is 25.5 Å². The van der Waals surface area contributed by atoms with Crippen molar-refractivity contribution in [3.8, 4) is 0 Å². The summed E-state index contributed by atoms with van der Waals surface area (Å²) in [6.07, 6.45) is 4.83. The van der Waals surface area contributed by atoms with Gasteiger partial charge in [0.1, 0.15) is 24.0 Å². The van der Waals surface area contributed by atoms with Crippen LogP contribution in [0.4, 0.5) is 11.5 Å². The molecule has 1 aromatic carbocycles. The molecule has 0 unspecified atom stereocenters. The molecule has 28 heavy (non-hydrogen) atoms. The SMILES string of the molecule is CC(=O)Nc1cc([NH2+]/C=C(\C(=N)c2ccccc2Cl)c2ncn[nH]2)c(C)cn1. The van der Waals surface area contributed by atoms with Crippen LogP contribution in [0.25, 0.3) is 5.57 Å². The fourth-order valence-electron chi connectivity index (χ4n) is 2.57. The first-order valence-corrected chi connectivity index (χ1v) is 8.82. The quantitative estimate of drug-likeness (QED) is 0.477. The number of benzene rings is 1. The number of carbonyl (C=O) groups is 1. The van der Waals surface area contributed by atoms with Crippen LogP contribution in [0.15, 0.2) is 49.1 Å². The molecule has 0 fully saturated rings. The van der Waals surface area contributed by atoms with E-state index in [1.807, 2.05) is 24.4 Å². The van der Waals surface area contributed by atoms with Gasteiger partial charge in [-0.25, -0.2) is 9.97 Å². The minimum absolute atomic E-state index is 0.194. The van der Waals surface area contributed by atoms with Gasteiger partial charge >= 0.3 is 0 Å². The number of rotatable bonds is 6. The first-order chi connectivity index (χ1) is 13.5. The van der Waals surface area contributed by atoms with Crippen LogP contribution in [0.3, 0.4) is 0 Å². The van der Waals surface area contributed by atoms with Crippen molar-refractivity contribution in [1.29, 1.82) is 5.41 Å². The van der Waals surface area contributed by atoms with Crippen molar-refractivity contribution in [3.63, 3.8) is 0 Å². The summed E-state index contributed by atoms with van der Waals surface area (Å²) in [5, 5.41) is 20.3. The minimum Gasteiger partial charge on any atom is -0.311 e. The molecule has 0 radical (unpaired) electrons. The first kappa shape index (κ1) is 19.4. The normalized spacial score (nSPS) is 11.3. The van der Waals surface area contributed by atoms with Crippen molar-refractivity contribution < 1.29 is 10.1 Å². The highest BCUT2D eigenvalue weighted by Gasteiger charge is 2.18. The number of aryl methyl sites for hydroxylation is 1. The van der Waals surface area contributed by atoms with Crippen LogP contribution in [0.1, 0.15) is 23.9 Å². The van der Waals surface area contributed by atoms with Gasteiger partial charge in [-0.05, 0) is 13.0 Å². The molecule has 2 aromatic heterocycles. The maximum atomic E-state index is 11.3. The Kier molecular flexibility index (Phi) is 5.93. The molecule has 0 spiro atoms. The van der Waals surface area contributed by atoms with Crippen molar-refractivity contribution in [2.75, 3.05) is 5.32 Å². The van der Waals surface area contributed by atoms with E-state index in [4.69, 9.17) is 17.0 Å². The Morgan fingerprint density at radius 2 is 2.11 bits per heavy atom. The molecule has 0 bridgehead atoms. The lowest BCUT2D eigenvalue weighted by Gasteiger charge is -2.09. The third kappa shape index (κ3) is 4.48. The Morgan fingerprint density at radius 3 is 2.79 bits per heavy atom. The first-order valence-electron chi connectivity index (χ1n) is 8.44. The third-order valence-corrected chi connectivity index (χ3v) is 4.29. The molecule has 0 saturated heterocycles. The number of carbonyl (C=O) groups excluding carboxylic acids is 1. The molecule has 2 heterocycles. The molecular formula is C19H19ClN7O+. The number of pyridine rings is 1. The van der Waals surface area contributed by atoms with Crippen LogP contribution in [0.2, 0.25) is 5.02 Å². The number of quaternary nitrogens is 1. The van der Waals surface area contributed by atoms with Gasteiger partial charge in [0.2, 0.25) is 5.91 Å². The average molecular weight is 397 g/mol. The number of allylic oxidation sites excluding steroid dienone is 1.